The highest BCUT2D eigenvalue weighted by atomic mass is 28.4. The number of hydrogen-bond acceptors (Lipinski definition) is 2. The van der Waals surface area contributed by atoms with Crippen molar-refractivity contribution in [1.29, 1.82) is 0 Å². The first-order chi connectivity index (χ1) is 6.93. The molecule has 1 saturated carbocycles. The number of rotatable bonds is 7. The molecule has 1 aliphatic carbocycles. The maximum Gasteiger partial charge on any atom is 0.187 e. The van der Waals surface area contributed by atoms with Crippen molar-refractivity contribution < 1.29 is 9.16 Å². The van der Waals surface area contributed by atoms with E-state index in [4.69, 9.17) is 9.16 Å². The first-order valence-corrected chi connectivity index (χ1v) is 9.68. The van der Waals surface area contributed by atoms with Crippen molar-refractivity contribution in [1.82, 2.24) is 0 Å². The van der Waals surface area contributed by atoms with Crippen molar-refractivity contribution in [3.63, 3.8) is 0 Å². The van der Waals surface area contributed by atoms with Gasteiger partial charge in [-0.3, -0.25) is 0 Å². The summed E-state index contributed by atoms with van der Waals surface area (Å²) in [5.74, 6) is 0.470. The summed E-state index contributed by atoms with van der Waals surface area (Å²) < 4.78 is 12.0. The van der Waals surface area contributed by atoms with Crippen LogP contribution in [0.4, 0.5) is 0 Å². The van der Waals surface area contributed by atoms with E-state index < -0.39 is 8.32 Å². The van der Waals surface area contributed by atoms with Gasteiger partial charge in [0.2, 0.25) is 0 Å². The summed E-state index contributed by atoms with van der Waals surface area (Å²) in [5, 5.41) is 0. The Kier molecular flexibility index (Phi) is 4.38. The fourth-order valence-electron chi connectivity index (χ4n) is 2.15. The van der Waals surface area contributed by atoms with Crippen LogP contribution in [0.2, 0.25) is 19.6 Å². The predicted molar refractivity (Wildman–Crippen MR) is 66.4 cm³/mol. The summed E-state index contributed by atoms with van der Waals surface area (Å²) in [6.07, 6.45) is 4.95. The molecule has 0 N–H and O–H groups in total. The third kappa shape index (κ3) is 3.89. The summed E-state index contributed by atoms with van der Waals surface area (Å²) >= 11 is 0. The lowest BCUT2D eigenvalue weighted by molar-refractivity contribution is -0.119. The third-order valence-corrected chi connectivity index (χ3v) is 3.72. The molecule has 1 aliphatic rings. The Morgan fingerprint density at radius 2 is 1.93 bits per heavy atom. The fourth-order valence-corrected chi connectivity index (χ4v) is 3.50. The van der Waals surface area contributed by atoms with Gasteiger partial charge in [0, 0.05) is 18.9 Å². The molecule has 0 bridgehead atoms. The van der Waals surface area contributed by atoms with Crippen molar-refractivity contribution in [2.75, 3.05) is 6.61 Å². The average Bonchev–Trinajstić information content (AvgIpc) is 2.72. The smallest absolute Gasteiger partial charge is 0.187 e. The van der Waals surface area contributed by atoms with Gasteiger partial charge in [-0.25, -0.2) is 0 Å². The van der Waals surface area contributed by atoms with Crippen LogP contribution < -0.4 is 0 Å². The fraction of sp³-hybridized carbons (Fsp3) is 1.00. The van der Waals surface area contributed by atoms with Gasteiger partial charge in [0.25, 0.3) is 0 Å². The van der Waals surface area contributed by atoms with Crippen molar-refractivity contribution in [3.8, 4) is 0 Å². The van der Waals surface area contributed by atoms with E-state index in [1.807, 2.05) is 0 Å². The SMILES string of the molecule is CCCCC1CC1(OCC)O[Si](C)(C)C. The van der Waals surface area contributed by atoms with Gasteiger partial charge in [-0.2, -0.15) is 0 Å². The van der Waals surface area contributed by atoms with Crippen LogP contribution in [-0.2, 0) is 9.16 Å². The molecule has 2 unspecified atom stereocenters. The van der Waals surface area contributed by atoms with Crippen LogP contribution in [-0.4, -0.2) is 20.7 Å². The molecule has 2 nitrogen and oxygen atoms in total. The average molecular weight is 230 g/mol. The topological polar surface area (TPSA) is 18.5 Å². The second-order valence-corrected chi connectivity index (χ2v) is 9.93. The molecular weight excluding hydrogens is 204 g/mol. The Morgan fingerprint density at radius 3 is 2.40 bits per heavy atom. The second kappa shape index (κ2) is 4.98. The zero-order valence-corrected chi connectivity index (χ0v) is 11.9. The first kappa shape index (κ1) is 13.2. The van der Waals surface area contributed by atoms with E-state index in [0.717, 1.165) is 13.0 Å². The molecular formula is C12H26O2Si. The lowest BCUT2D eigenvalue weighted by Gasteiger charge is -2.27. The van der Waals surface area contributed by atoms with Crippen LogP contribution in [0.3, 0.4) is 0 Å². The molecule has 0 aromatic heterocycles. The normalized spacial score (nSPS) is 30.6. The van der Waals surface area contributed by atoms with Crippen molar-refractivity contribution in [2.45, 2.75) is 65.0 Å². The van der Waals surface area contributed by atoms with Gasteiger partial charge in [-0.05, 0) is 33.0 Å². The molecule has 1 fully saturated rings. The Hall–Kier alpha value is 0.137. The molecule has 0 heterocycles. The summed E-state index contributed by atoms with van der Waals surface area (Å²) in [5.41, 5.74) is 0. The maximum absolute atomic E-state index is 6.20. The summed E-state index contributed by atoms with van der Waals surface area (Å²) in [7, 11) is -1.47. The van der Waals surface area contributed by atoms with Gasteiger partial charge in [-0.15, -0.1) is 0 Å². The molecule has 0 saturated heterocycles. The molecule has 0 aromatic rings. The van der Waals surface area contributed by atoms with E-state index in [0.29, 0.717) is 5.92 Å². The highest BCUT2D eigenvalue weighted by Crippen LogP contribution is 2.52. The maximum atomic E-state index is 6.20. The molecule has 0 spiro atoms. The number of unbranched alkanes of at least 4 members (excludes halogenated alkanes) is 1. The van der Waals surface area contributed by atoms with Crippen LogP contribution >= 0.6 is 0 Å². The van der Waals surface area contributed by atoms with Crippen LogP contribution in [0.25, 0.3) is 0 Å². The van der Waals surface area contributed by atoms with Crippen LogP contribution in [0.5, 0.6) is 0 Å². The summed E-state index contributed by atoms with van der Waals surface area (Å²) in [6.45, 7) is 11.8. The first-order valence-electron chi connectivity index (χ1n) is 6.27. The van der Waals surface area contributed by atoms with Gasteiger partial charge < -0.3 is 9.16 Å². The summed E-state index contributed by atoms with van der Waals surface area (Å²) in [6, 6.07) is 0. The van der Waals surface area contributed by atoms with Crippen molar-refractivity contribution in [2.24, 2.45) is 5.92 Å². The quantitative estimate of drug-likeness (QED) is 0.489. The van der Waals surface area contributed by atoms with E-state index in [9.17, 15) is 0 Å². The lowest BCUT2D eigenvalue weighted by atomic mass is 10.2. The molecule has 2 atom stereocenters. The largest absolute Gasteiger partial charge is 0.391 e. The van der Waals surface area contributed by atoms with Crippen LogP contribution in [0, 0.1) is 5.92 Å². The zero-order chi connectivity index (χ0) is 11.5. The standard InChI is InChI=1S/C12H26O2Si/c1-6-8-9-11-10-12(11,13-7-2)14-15(3,4)5/h11H,6-10H2,1-5H3. The molecule has 0 aromatic carbocycles. The number of hydrogen-bond donors (Lipinski definition) is 0. The molecule has 3 heteroatoms. The molecule has 0 amide bonds. The van der Waals surface area contributed by atoms with Gasteiger partial charge in [0.15, 0.2) is 14.1 Å². The molecule has 0 radical (unpaired) electrons. The van der Waals surface area contributed by atoms with Crippen LogP contribution in [0.1, 0.15) is 39.5 Å². The van der Waals surface area contributed by atoms with E-state index in [2.05, 4.69) is 33.5 Å². The van der Waals surface area contributed by atoms with Crippen molar-refractivity contribution in [3.05, 3.63) is 0 Å². The lowest BCUT2D eigenvalue weighted by Crippen LogP contribution is -2.36. The summed E-state index contributed by atoms with van der Waals surface area (Å²) in [4.78, 5) is 0. The Morgan fingerprint density at radius 1 is 1.27 bits per heavy atom. The second-order valence-electron chi connectivity index (χ2n) is 5.50. The van der Waals surface area contributed by atoms with E-state index in [1.165, 1.54) is 19.3 Å². The minimum Gasteiger partial charge on any atom is -0.391 e. The minimum atomic E-state index is -1.47. The van der Waals surface area contributed by atoms with E-state index >= 15 is 0 Å². The zero-order valence-electron chi connectivity index (χ0n) is 10.9. The van der Waals surface area contributed by atoms with Crippen molar-refractivity contribution >= 4 is 8.32 Å². The Labute approximate surface area is 95.5 Å². The van der Waals surface area contributed by atoms with Gasteiger partial charge in [-0.1, -0.05) is 19.8 Å². The number of ether oxygens (including phenoxy) is 1. The highest BCUT2D eigenvalue weighted by Gasteiger charge is 2.57. The van der Waals surface area contributed by atoms with E-state index in [1.54, 1.807) is 0 Å². The monoisotopic (exact) mass is 230 g/mol. The Bertz CT molecular complexity index is 200. The molecule has 1 rings (SSSR count). The van der Waals surface area contributed by atoms with E-state index in [-0.39, 0.29) is 5.79 Å². The van der Waals surface area contributed by atoms with Gasteiger partial charge in [0.1, 0.15) is 0 Å². The molecule has 0 aliphatic heterocycles. The predicted octanol–water partition coefficient (Wildman–Crippen LogP) is 3.78. The Balaban J connectivity index is 2.45. The molecule has 15 heavy (non-hydrogen) atoms. The highest BCUT2D eigenvalue weighted by molar-refractivity contribution is 6.69. The molecule has 90 valence electrons. The van der Waals surface area contributed by atoms with Gasteiger partial charge >= 0.3 is 0 Å². The van der Waals surface area contributed by atoms with Crippen LogP contribution in [0.15, 0.2) is 0 Å². The van der Waals surface area contributed by atoms with Gasteiger partial charge in [0.05, 0.1) is 0 Å². The minimum absolute atomic E-state index is 0.186. The third-order valence-electron chi connectivity index (χ3n) is 2.77.